The van der Waals surface area contributed by atoms with Gasteiger partial charge in [0.1, 0.15) is 16.8 Å². The average Bonchev–Trinajstić information content (AvgIpc) is 2.95. The van der Waals surface area contributed by atoms with Crippen molar-refractivity contribution in [3.05, 3.63) is 0 Å². The van der Waals surface area contributed by atoms with E-state index >= 15 is 0 Å². The molecule has 0 unspecified atom stereocenters. The van der Waals surface area contributed by atoms with Crippen LogP contribution in [0.25, 0.3) is 0 Å². The number of carbonyl (C=O) groups is 3. The molecular formula is C32H61N9O6S2. The quantitative estimate of drug-likeness (QED) is 0.0482. The third kappa shape index (κ3) is 25.2. The largest absolute Gasteiger partial charge is 0.444 e. The number of amides is 3. The van der Waals surface area contributed by atoms with Crippen molar-refractivity contribution in [1.82, 2.24) is 36.6 Å². The Morgan fingerprint density at radius 2 is 0.959 bits per heavy atom. The number of alkyl carbamates (subject to hydrolysis) is 1. The highest BCUT2D eigenvalue weighted by molar-refractivity contribution is 7.80. The van der Waals surface area contributed by atoms with Crippen molar-refractivity contribution in [3.8, 4) is 0 Å². The lowest BCUT2D eigenvalue weighted by Gasteiger charge is -2.29. The van der Waals surface area contributed by atoms with Gasteiger partial charge in [-0.1, -0.05) is 0 Å². The van der Waals surface area contributed by atoms with Crippen molar-refractivity contribution in [1.29, 1.82) is 0 Å². The first-order valence-corrected chi connectivity index (χ1v) is 17.4. The monoisotopic (exact) mass is 731 g/mol. The maximum absolute atomic E-state index is 13.0. The Bertz CT molecular complexity index is 1150. The molecule has 0 aromatic rings. The Balaban J connectivity index is 5.09. The Labute approximate surface area is 304 Å². The number of hydrogen-bond acceptors (Lipinski definition) is 10. The number of hydrogen-bond donors (Lipinski definition) is 5. The predicted molar refractivity (Wildman–Crippen MR) is 203 cm³/mol. The fourth-order valence-corrected chi connectivity index (χ4v) is 3.81. The third-order valence-corrected chi connectivity index (χ3v) is 6.50. The van der Waals surface area contributed by atoms with Gasteiger partial charge >= 0.3 is 18.3 Å². The van der Waals surface area contributed by atoms with E-state index in [0.717, 1.165) is 0 Å². The van der Waals surface area contributed by atoms with Gasteiger partial charge in [0.25, 0.3) is 0 Å². The lowest BCUT2D eigenvalue weighted by Crippen LogP contribution is -2.41. The van der Waals surface area contributed by atoms with Crippen molar-refractivity contribution in [3.63, 3.8) is 0 Å². The number of nitrogens with one attached hydrogen (secondary N) is 5. The highest BCUT2D eigenvalue weighted by Crippen LogP contribution is 2.13. The normalized spacial score (nSPS) is 12.3. The first kappa shape index (κ1) is 45.5. The van der Waals surface area contributed by atoms with Crippen LogP contribution in [-0.4, -0.2) is 113 Å². The molecule has 0 bridgehead atoms. The molecular weight excluding hydrogens is 671 g/mol. The van der Waals surface area contributed by atoms with Crippen LogP contribution in [0, 0.1) is 0 Å². The number of carbonyl (C=O) groups excluding carboxylic acids is 3. The summed E-state index contributed by atoms with van der Waals surface area (Å²) >= 11 is 10.3. The van der Waals surface area contributed by atoms with Gasteiger partial charge in [0, 0.05) is 46.3 Å². The summed E-state index contributed by atoms with van der Waals surface area (Å²) in [6, 6.07) is 0. The molecule has 0 saturated carbocycles. The molecule has 0 aliphatic carbocycles. The van der Waals surface area contributed by atoms with Gasteiger partial charge < -0.3 is 40.0 Å². The lowest BCUT2D eigenvalue weighted by atomic mass is 10.2. The molecule has 0 aromatic heterocycles. The molecule has 3 amide bonds. The Kier molecular flexibility index (Phi) is 20.7. The smallest absolute Gasteiger partial charge is 0.410 e. The molecule has 0 aromatic carbocycles. The first-order chi connectivity index (χ1) is 22.5. The Morgan fingerprint density at radius 1 is 0.592 bits per heavy atom. The third-order valence-electron chi connectivity index (χ3n) is 5.97. The zero-order chi connectivity index (χ0) is 37.8. The minimum atomic E-state index is -0.653. The first-order valence-electron chi connectivity index (χ1n) is 16.6. The van der Waals surface area contributed by atoms with Crippen LogP contribution in [0.5, 0.6) is 0 Å². The molecule has 0 atom stereocenters. The molecule has 17 heteroatoms. The summed E-state index contributed by atoms with van der Waals surface area (Å²) in [5.74, 6) is 0. The standard InChI is InChI=1S/C32H61N9O6S2/c1-23(36-38-25(48)33-12)24(2)37-39-26(49)34-17-15-21-40(28(43)46-31(6,7)8)19-13-14-20-41(29(44)47-32(9,10)11)22-16-18-35-27(42)45-30(3,4)5/h13-22H2,1-12H3,(H,35,42)(H2,33,38,48)(H2,34,39,49). The predicted octanol–water partition coefficient (Wildman–Crippen LogP) is 4.86. The minimum Gasteiger partial charge on any atom is -0.444 e. The molecule has 0 heterocycles. The van der Waals surface area contributed by atoms with E-state index in [1.165, 1.54) is 0 Å². The average molecular weight is 732 g/mol. The number of nitrogens with zero attached hydrogens (tertiary/aromatic N) is 4. The van der Waals surface area contributed by atoms with E-state index in [2.05, 4.69) is 37.0 Å². The second-order valence-electron chi connectivity index (χ2n) is 14.2. The number of rotatable bonds is 16. The van der Waals surface area contributed by atoms with Crippen molar-refractivity contribution >= 4 is 64.4 Å². The Hall–Kier alpha value is -3.47. The Morgan fingerprint density at radius 3 is 1.35 bits per heavy atom. The van der Waals surface area contributed by atoms with Gasteiger partial charge in [-0.25, -0.2) is 14.4 Å². The molecule has 0 aliphatic heterocycles. The van der Waals surface area contributed by atoms with Crippen LogP contribution in [0.2, 0.25) is 0 Å². The van der Waals surface area contributed by atoms with Crippen LogP contribution in [-0.2, 0) is 14.2 Å². The molecule has 0 fully saturated rings. The van der Waals surface area contributed by atoms with E-state index in [1.54, 1.807) is 51.5 Å². The van der Waals surface area contributed by atoms with Gasteiger partial charge in [-0.05, 0) is 126 Å². The summed E-state index contributed by atoms with van der Waals surface area (Å²) in [4.78, 5) is 41.2. The van der Waals surface area contributed by atoms with Gasteiger partial charge in [0.05, 0.1) is 11.4 Å². The molecule has 49 heavy (non-hydrogen) atoms. The summed E-state index contributed by atoms with van der Waals surface area (Å²) in [7, 11) is 1.70. The number of hydrazone groups is 2. The van der Waals surface area contributed by atoms with Crippen LogP contribution >= 0.6 is 24.4 Å². The topological polar surface area (TPSA) is 170 Å². The number of ether oxygens (including phenoxy) is 3. The highest BCUT2D eigenvalue weighted by atomic mass is 32.1. The zero-order valence-electron chi connectivity index (χ0n) is 31.6. The second kappa shape index (κ2) is 22.3. The highest BCUT2D eigenvalue weighted by Gasteiger charge is 2.24. The fraction of sp³-hybridized carbons (Fsp3) is 0.781. The summed E-state index contributed by atoms with van der Waals surface area (Å²) < 4.78 is 16.5. The van der Waals surface area contributed by atoms with Crippen molar-refractivity contribution in [2.75, 3.05) is 46.3 Å². The number of thiocarbonyl (C=S) groups is 2. The summed E-state index contributed by atoms with van der Waals surface area (Å²) in [5.41, 5.74) is 4.85. The van der Waals surface area contributed by atoms with Crippen LogP contribution in [0.15, 0.2) is 10.2 Å². The van der Waals surface area contributed by atoms with Crippen LogP contribution in [0.3, 0.4) is 0 Å². The number of unbranched alkanes of at least 4 members (excludes halogenated alkanes) is 1. The van der Waals surface area contributed by atoms with Crippen LogP contribution in [0.1, 0.15) is 102 Å². The second-order valence-corrected chi connectivity index (χ2v) is 15.0. The van der Waals surface area contributed by atoms with Gasteiger partial charge in [0.2, 0.25) is 0 Å². The molecule has 5 N–H and O–H groups in total. The van der Waals surface area contributed by atoms with E-state index < -0.39 is 35.1 Å². The van der Waals surface area contributed by atoms with Crippen molar-refractivity contribution < 1.29 is 28.6 Å². The van der Waals surface area contributed by atoms with Crippen LogP contribution < -0.4 is 26.8 Å². The maximum Gasteiger partial charge on any atom is 0.410 e. The summed E-state index contributed by atoms with van der Waals surface area (Å²) in [5, 5.41) is 17.7. The van der Waals surface area contributed by atoms with Crippen molar-refractivity contribution in [2.45, 2.75) is 119 Å². The molecule has 0 rings (SSSR count). The van der Waals surface area contributed by atoms with E-state index in [9.17, 15) is 14.4 Å². The summed E-state index contributed by atoms with van der Waals surface area (Å²) in [6.07, 6.45) is 1.03. The van der Waals surface area contributed by atoms with Crippen molar-refractivity contribution in [2.24, 2.45) is 10.2 Å². The lowest BCUT2D eigenvalue weighted by molar-refractivity contribution is 0.0207. The molecule has 15 nitrogen and oxygen atoms in total. The SMILES string of the molecule is CNC(=S)NN=C(C)C(C)=NNC(=S)NCCCN(CCCCN(CCCNC(=O)OC(C)(C)C)C(=O)OC(C)(C)C)C(=O)OC(C)(C)C. The molecule has 0 spiro atoms. The molecule has 0 aliphatic rings. The molecule has 282 valence electrons. The van der Waals surface area contributed by atoms with E-state index in [-0.39, 0.29) is 0 Å². The molecule has 0 saturated heterocycles. The van der Waals surface area contributed by atoms with E-state index in [4.69, 9.17) is 38.6 Å². The van der Waals surface area contributed by atoms with E-state index in [0.29, 0.717) is 86.6 Å². The van der Waals surface area contributed by atoms with Gasteiger partial charge in [-0.2, -0.15) is 10.2 Å². The van der Waals surface area contributed by atoms with Gasteiger partial charge in [0.15, 0.2) is 10.2 Å². The molecule has 0 radical (unpaired) electrons. The maximum atomic E-state index is 13.0. The fourth-order valence-electron chi connectivity index (χ4n) is 3.62. The van der Waals surface area contributed by atoms with Crippen LogP contribution in [0.4, 0.5) is 14.4 Å². The summed E-state index contributed by atoms with van der Waals surface area (Å²) in [6.45, 7) is 22.4. The minimum absolute atomic E-state index is 0.332. The zero-order valence-corrected chi connectivity index (χ0v) is 33.3. The van der Waals surface area contributed by atoms with Gasteiger partial charge in [-0.15, -0.1) is 0 Å². The van der Waals surface area contributed by atoms with Gasteiger partial charge in [-0.3, -0.25) is 10.9 Å². The van der Waals surface area contributed by atoms with E-state index in [1.807, 2.05) is 41.5 Å².